The highest BCUT2D eigenvalue weighted by atomic mass is 35.5. The monoisotopic (exact) mass is 665 g/mol. The van der Waals surface area contributed by atoms with Gasteiger partial charge in [-0.2, -0.15) is 4.68 Å². The van der Waals surface area contributed by atoms with E-state index in [4.69, 9.17) is 28.2 Å². The maximum Gasteiger partial charge on any atom is 0.280 e. The molecule has 1 aliphatic rings. The Morgan fingerprint density at radius 3 is 2.37 bits per heavy atom. The number of amides is 1. The number of nitrogens with zero attached hydrogens (tertiary/aromatic N) is 5. The van der Waals surface area contributed by atoms with E-state index in [-0.39, 0.29) is 16.7 Å². The molecule has 1 atom stereocenters. The Morgan fingerprint density at radius 1 is 0.891 bits per heavy atom. The molecule has 0 N–H and O–H groups in total. The van der Waals surface area contributed by atoms with Crippen LogP contribution in [-0.2, 0) is 4.79 Å². The molecule has 1 saturated heterocycles. The van der Waals surface area contributed by atoms with Crippen molar-refractivity contribution in [2.45, 2.75) is 12.3 Å². The number of pyridine rings is 1. The second-order valence-electron chi connectivity index (χ2n) is 10.6. The average molecular weight is 667 g/mol. The zero-order valence-corrected chi connectivity index (χ0v) is 26.3. The molecule has 1 aliphatic heterocycles. The summed E-state index contributed by atoms with van der Waals surface area (Å²) >= 11 is 14.2. The van der Waals surface area contributed by atoms with Gasteiger partial charge in [0.2, 0.25) is 0 Å². The number of carbonyl (C=O) groups is 1. The van der Waals surface area contributed by atoms with Crippen molar-refractivity contribution < 1.29 is 9.72 Å². The molecular formula is C34H21Cl2N5O4S. The summed E-state index contributed by atoms with van der Waals surface area (Å²) in [7, 11) is 0. The van der Waals surface area contributed by atoms with Crippen LogP contribution in [0.3, 0.4) is 0 Å². The zero-order valence-electron chi connectivity index (χ0n) is 23.9. The molecule has 6 aromatic rings. The van der Waals surface area contributed by atoms with Gasteiger partial charge in [-0.15, -0.1) is 0 Å². The number of hydrogen-bond donors (Lipinski definition) is 0. The van der Waals surface area contributed by atoms with Gasteiger partial charge in [0, 0.05) is 33.7 Å². The van der Waals surface area contributed by atoms with Crippen molar-refractivity contribution in [1.29, 1.82) is 0 Å². The van der Waals surface area contributed by atoms with Crippen LogP contribution < -0.4 is 10.6 Å². The molecule has 4 aromatic carbocycles. The molecule has 0 saturated carbocycles. The van der Waals surface area contributed by atoms with Gasteiger partial charge in [0.25, 0.3) is 17.2 Å². The van der Waals surface area contributed by atoms with Gasteiger partial charge in [-0.25, -0.2) is 15.0 Å². The van der Waals surface area contributed by atoms with E-state index in [0.29, 0.717) is 43.0 Å². The number of benzene rings is 4. The number of non-ortho nitro benzene ring substituents is 1. The number of fused-ring (bicyclic) bond motifs is 2. The second kappa shape index (κ2) is 11.7. The van der Waals surface area contributed by atoms with Gasteiger partial charge in [-0.3, -0.25) is 19.7 Å². The highest BCUT2D eigenvalue weighted by molar-refractivity contribution is 8.05. The molecule has 1 fully saturated rings. The predicted molar refractivity (Wildman–Crippen MR) is 183 cm³/mol. The van der Waals surface area contributed by atoms with Crippen LogP contribution in [0, 0.1) is 17.0 Å². The van der Waals surface area contributed by atoms with E-state index in [2.05, 4.69) is 4.98 Å². The van der Waals surface area contributed by atoms with Crippen LogP contribution in [0.2, 0.25) is 10.2 Å². The number of halogens is 2. The summed E-state index contributed by atoms with van der Waals surface area (Å²) in [5, 5.41) is 13.6. The SMILES string of the molecule is Cc1ccc2nc(Cl)c(C3SC(=Cc4ccc([N+](=O)[O-])cc4)C(=O)N3n3c(-c4ccc(Cl)cc4)nc4ccccc4c3=O)cc2c1. The zero-order chi connectivity index (χ0) is 32.1. The van der Waals surface area contributed by atoms with Gasteiger partial charge in [0.15, 0.2) is 5.82 Å². The summed E-state index contributed by atoms with van der Waals surface area (Å²) in [4.78, 5) is 49.3. The van der Waals surface area contributed by atoms with Crippen molar-refractivity contribution in [3.8, 4) is 11.4 Å². The van der Waals surface area contributed by atoms with Crippen molar-refractivity contribution in [2.24, 2.45) is 0 Å². The first-order valence-electron chi connectivity index (χ1n) is 14.0. The van der Waals surface area contributed by atoms with E-state index in [0.717, 1.165) is 10.9 Å². The lowest BCUT2D eigenvalue weighted by molar-refractivity contribution is -0.384. The third-order valence-corrected chi connectivity index (χ3v) is 9.35. The first-order valence-corrected chi connectivity index (χ1v) is 15.6. The molecule has 7 rings (SSSR count). The second-order valence-corrected chi connectivity index (χ2v) is 12.5. The number of aromatic nitrogens is 3. The Hall–Kier alpha value is -5.03. The molecule has 0 bridgehead atoms. The van der Waals surface area contributed by atoms with Crippen LogP contribution in [0.5, 0.6) is 0 Å². The quantitative estimate of drug-likeness (QED) is 0.0792. The lowest BCUT2D eigenvalue weighted by Crippen LogP contribution is -2.46. The number of rotatable bonds is 5. The average Bonchev–Trinajstić information content (AvgIpc) is 3.36. The van der Waals surface area contributed by atoms with Gasteiger partial charge < -0.3 is 0 Å². The lowest BCUT2D eigenvalue weighted by atomic mass is 10.1. The molecule has 0 radical (unpaired) electrons. The molecule has 3 heterocycles. The number of hydrogen-bond acceptors (Lipinski definition) is 7. The third kappa shape index (κ3) is 5.30. The minimum atomic E-state index is -0.826. The summed E-state index contributed by atoms with van der Waals surface area (Å²) in [6, 6.07) is 27.3. The predicted octanol–water partition coefficient (Wildman–Crippen LogP) is 8.09. The Morgan fingerprint density at radius 2 is 1.63 bits per heavy atom. The highest BCUT2D eigenvalue weighted by Gasteiger charge is 2.42. The first-order chi connectivity index (χ1) is 22.2. The van der Waals surface area contributed by atoms with Crippen LogP contribution in [0.1, 0.15) is 22.1 Å². The van der Waals surface area contributed by atoms with Crippen LogP contribution in [0.25, 0.3) is 39.3 Å². The number of nitro benzene ring substituents is 1. The van der Waals surface area contributed by atoms with Crippen LogP contribution in [0.4, 0.5) is 5.69 Å². The number of nitro groups is 1. The maximum atomic E-state index is 14.5. The molecule has 12 heteroatoms. The molecule has 9 nitrogen and oxygen atoms in total. The Balaban J connectivity index is 1.48. The molecular weight excluding hydrogens is 645 g/mol. The number of thioether (sulfide) groups is 1. The van der Waals surface area contributed by atoms with Gasteiger partial charge in [0.1, 0.15) is 10.5 Å². The largest absolute Gasteiger partial charge is 0.280 e. The fraction of sp³-hybridized carbons (Fsp3) is 0.0588. The lowest BCUT2D eigenvalue weighted by Gasteiger charge is -2.28. The normalized spacial score (nSPS) is 15.7. The molecule has 2 aromatic heterocycles. The van der Waals surface area contributed by atoms with Gasteiger partial charge in [0.05, 0.1) is 26.2 Å². The van der Waals surface area contributed by atoms with Crippen molar-refractivity contribution >= 4 is 74.4 Å². The molecule has 226 valence electrons. The summed E-state index contributed by atoms with van der Waals surface area (Å²) in [5.74, 6) is -0.250. The smallest absolute Gasteiger partial charge is 0.267 e. The van der Waals surface area contributed by atoms with E-state index in [1.165, 1.54) is 33.6 Å². The summed E-state index contributed by atoms with van der Waals surface area (Å²) in [5.41, 5.74) is 3.31. The van der Waals surface area contributed by atoms with Crippen molar-refractivity contribution in [3.63, 3.8) is 0 Å². The summed E-state index contributed by atoms with van der Waals surface area (Å²) in [6.45, 7) is 1.97. The molecule has 1 unspecified atom stereocenters. The van der Waals surface area contributed by atoms with Gasteiger partial charge in [-0.05, 0) is 85.3 Å². The van der Waals surface area contributed by atoms with Crippen molar-refractivity contribution in [2.75, 3.05) is 5.01 Å². The maximum absolute atomic E-state index is 14.5. The number of para-hydroxylation sites is 1. The molecule has 1 amide bonds. The molecule has 0 spiro atoms. The minimum Gasteiger partial charge on any atom is -0.267 e. The van der Waals surface area contributed by atoms with E-state index in [1.807, 2.05) is 31.2 Å². The van der Waals surface area contributed by atoms with E-state index < -0.39 is 21.8 Å². The standard InChI is InChI=1S/C34H21Cl2N5O4S/c1-19-6-15-27-22(16-19)18-26(30(36)37-27)34-40(33(43)29(46-34)17-20-7-13-24(14-8-20)41(44)45)39-31(21-9-11-23(35)12-10-21)38-28-5-3-2-4-25(28)32(39)42/h2-18,34H,1H3. The number of aryl methyl sites for hydroxylation is 1. The number of carbonyl (C=O) groups excluding carboxylic acids is 1. The Labute approximate surface area is 275 Å². The van der Waals surface area contributed by atoms with Gasteiger partial charge >= 0.3 is 0 Å². The van der Waals surface area contributed by atoms with Crippen LogP contribution in [-0.4, -0.2) is 25.5 Å². The van der Waals surface area contributed by atoms with Crippen molar-refractivity contribution in [3.05, 3.63) is 149 Å². The molecule has 46 heavy (non-hydrogen) atoms. The van der Waals surface area contributed by atoms with Crippen LogP contribution >= 0.6 is 35.0 Å². The summed E-state index contributed by atoms with van der Waals surface area (Å²) in [6.07, 6.45) is 1.64. The minimum absolute atomic E-state index is 0.0715. The molecule has 0 aliphatic carbocycles. The Kier molecular flexibility index (Phi) is 7.56. The first kappa shape index (κ1) is 29.7. The fourth-order valence-corrected chi connectivity index (χ4v) is 7.02. The summed E-state index contributed by atoms with van der Waals surface area (Å²) < 4.78 is 1.29. The van der Waals surface area contributed by atoms with E-state index in [1.54, 1.807) is 66.7 Å². The van der Waals surface area contributed by atoms with Gasteiger partial charge in [-0.1, -0.05) is 58.7 Å². The fourth-order valence-electron chi connectivity index (χ4n) is 5.34. The van der Waals surface area contributed by atoms with Crippen molar-refractivity contribution in [1.82, 2.24) is 14.6 Å². The third-order valence-electron chi connectivity index (χ3n) is 7.57. The van der Waals surface area contributed by atoms with E-state index in [9.17, 15) is 19.7 Å². The van der Waals surface area contributed by atoms with E-state index >= 15 is 0 Å². The van der Waals surface area contributed by atoms with Crippen LogP contribution in [0.15, 0.2) is 107 Å². The highest BCUT2D eigenvalue weighted by Crippen LogP contribution is 2.47. The topological polar surface area (TPSA) is 111 Å². The Bertz CT molecular complexity index is 2310.